The van der Waals surface area contributed by atoms with Crippen LogP contribution in [0.15, 0.2) is 12.2 Å². The zero-order chi connectivity index (χ0) is 29.9. The summed E-state index contributed by atoms with van der Waals surface area (Å²) in [6.45, 7) is 5.09. The Bertz CT molecular complexity index is 836. The van der Waals surface area contributed by atoms with Crippen molar-refractivity contribution in [3.63, 3.8) is 0 Å². The van der Waals surface area contributed by atoms with Crippen LogP contribution < -0.4 is 27.4 Å². The number of unbranched alkanes of at least 4 members (excludes halogenated alkanes) is 1. The number of amides is 4. The first-order valence-corrected chi connectivity index (χ1v) is 11.6. The molecule has 0 aliphatic carbocycles. The van der Waals surface area contributed by atoms with Gasteiger partial charge in [0.05, 0.1) is 6.61 Å². The number of nitrogens with one attached hydrogen (secondary N) is 3. The van der Waals surface area contributed by atoms with E-state index in [2.05, 4.69) is 16.0 Å². The molecule has 0 radical (unpaired) electrons. The Morgan fingerprint density at radius 3 is 2.03 bits per heavy atom. The van der Waals surface area contributed by atoms with Crippen LogP contribution in [0.2, 0.25) is 0 Å². The summed E-state index contributed by atoms with van der Waals surface area (Å²) < 4.78 is 36.5. The van der Waals surface area contributed by atoms with Crippen LogP contribution in [0.25, 0.3) is 0 Å². The number of carbonyl (C=O) groups is 6. The molecule has 0 aliphatic rings. The number of ether oxygens (including phenoxy) is 1. The Kier molecular flexibility index (Phi) is 18.6. The van der Waals surface area contributed by atoms with Gasteiger partial charge in [0.25, 0.3) is 0 Å². The van der Waals surface area contributed by atoms with Crippen LogP contribution in [0.5, 0.6) is 0 Å². The van der Waals surface area contributed by atoms with Crippen LogP contribution >= 0.6 is 0 Å². The van der Waals surface area contributed by atoms with Gasteiger partial charge < -0.3 is 37.3 Å². The van der Waals surface area contributed by atoms with Gasteiger partial charge in [-0.25, -0.2) is 9.59 Å². The minimum Gasteiger partial charge on any atom is -0.475 e. The molecule has 3 atom stereocenters. The summed E-state index contributed by atoms with van der Waals surface area (Å²) in [7, 11) is 0. The lowest BCUT2D eigenvalue weighted by molar-refractivity contribution is -0.192. The van der Waals surface area contributed by atoms with Crippen molar-refractivity contribution < 1.29 is 51.8 Å². The highest BCUT2D eigenvalue weighted by Crippen LogP contribution is 2.13. The fourth-order valence-electron chi connectivity index (χ4n) is 2.61. The SMILES string of the molecule is CCOC(=O)/C=C/[C@H](CCC(N)=O)NC(=O)[C@H](CCCCN)NC(=O)[C@H](C)NC(C)=O.O=C(O)C(F)(F)F. The van der Waals surface area contributed by atoms with Gasteiger partial charge in [0.2, 0.25) is 23.6 Å². The normalized spacial score (nSPS) is 13.2. The molecule has 218 valence electrons. The Morgan fingerprint density at radius 2 is 1.58 bits per heavy atom. The van der Waals surface area contributed by atoms with Crippen LogP contribution in [0, 0.1) is 0 Å². The summed E-state index contributed by atoms with van der Waals surface area (Å²) in [5, 5.41) is 14.9. The lowest BCUT2D eigenvalue weighted by Crippen LogP contribution is -2.53. The number of primary amides is 1. The highest BCUT2D eigenvalue weighted by Gasteiger charge is 2.38. The van der Waals surface area contributed by atoms with Crippen molar-refractivity contribution in [2.75, 3.05) is 13.2 Å². The molecule has 0 bridgehead atoms. The number of carboxylic acid groups (broad SMARTS) is 1. The van der Waals surface area contributed by atoms with Gasteiger partial charge in [-0.3, -0.25) is 19.2 Å². The number of alkyl halides is 3. The molecule has 0 saturated heterocycles. The third kappa shape index (κ3) is 19.5. The van der Waals surface area contributed by atoms with E-state index in [1.165, 1.54) is 19.9 Å². The summed E-state index contributed by atoms with van der Waals surface area (Å²) in [4.78, 5) is 68.0. The zero-order valence-corrected chi connectivity index (χ0v) is 21.4. The molecular formula is C22H36F3N5O8. The average molecular weight is 556 g/mol. The lowest BCUT2D eigenvalue weighted by atomic mass is 10.1. The lowest BCUT2D eigenvalue weighted by Gasteiger charge is -2.23. The van der Waals surface area contributed by atoms with Gasteiger partial charge >= 0.3 is 18.1 Å². The maximum absolute atomic E-state index is 12.8. The minimum atomic E-state index is -5.08. The van der Waals surface area contributed by atoms with E-state index in [-0.39, 0.29) is 25.4 Å². The minimum absolute atomic E-state index is 0.0120. The Hall–Kier alpha value is -3.69. The van der Waals surface area contributed by atoms with Crippen LogP contribution in [0.3, 0.4) is 0 Å². The maximum Gasteiger partial charge on any atom is 0.490 e. The number of hydrogen-bond donors (Lipinski definition) is 6. The number of carboxylic acids is 1. The highest BCUT2D eigenvalue weighted by molar-refractivity contribution is 5.91. The summed E-state index contributed by atoms with van der Waals surface area (Å²) in [5.74, 6) is -5.28. The van der Waals surface area contributed by atoms with Gasteiger partial charge in [0.15, 0.2) is 0 Å². The number of rotatable bonds is 15. The predicted octanol–water partition coefficient (Wildman–Crippen LogP) is -0.372. The highest BCUT2D eigenvalue weighted by atomic mass is 19.4. The summed E-state index contributed by atoms with van der Waals surface area (Å²) in [6, 6.07) is -2.38. The molecular weight excluding hydrogens is 519 g/mol. The maximum atomic E-state index is 12.8. The van der Waals surface area contributed by atoms with E-state index in [0.29, 0.717) is 25.8 Å². The fraction of sp³-hybridized carbons (Fsp3) is 0.636. The Morgan fingerprint density at radius 1 is 1.00 bits per heavy atom. The molecule has 0 saturated carbocycles. The van der Waals surface area contributed by atoms with Gasteiger partial charge in [-0.15, -0.1) is 0 Å². The molecule has 0 aliphatic heterocycles. The third-order valence-corrected chi connectivity index (χ3v) is 4.42. The number of carbonyl (C=O) groups excluding carboxylic acids is 5. The second-order valence-electron chi connectivity index (χ2n) is 7.80. The van der Waals surface area contributed by atoms with Crippen LogP contribution in [-0.4, -0.2) is 78.1 Å². The Labute approximate surface area is 217 Å². The van der Waals surface area contributed by atoms with Crippen molar-refractivity contribution in [1.29, 1.82) is 0 Å². The van der Waals surface area contributed by atoms with Gasteiger partial charge in [0.1, 0.15) is 12.1 Å². The molecule has 38 heavy (non-hydrogen) atoms. The quantitative estimate of drug-likeness (QED) is 0.0880. The monoisotopic (exact) mass is 555 g/mol. The van der Waals surface area contributed by atoms with E-state index < -0.39 is 54.0 Å². The number of aliphatic carboxylic acids is 1. The fourth-order valence-corrected chi connectivity index (χ4v) is 2.61. The van der Waals surface area contributed by atoms with Crippen LogP contribution in [-0.2, 0) is 33.5 Å². The van der Waals surface area contributed by atoms with E-state index in [1.54, 1.807) is 6.92 Å². The second kappa shape index (κ2) is 19.4. The average Bonchev–Trinajstić information content (AvgIpc) is 2.79. The molecule has 0 heterocycles. The molecule has 0 aromatic heterocycles. The second-order valence-corrected chi connectivity index (χ2v) is 7.80. The molecule has 8 N–H and O–H groups in total. The van der Waals surface area contributed by atoms with Crippen molar-refractivity contribution in [1.82, 2.24) is 16.0 Å². The van der Waals surface area contributed by atoms with Gasteiger partial charge in [-0.1, -0.05) is 6.08 Å². The van der Waals surface area contributed by atoms with Crippen molar-refractivity contribution in [3.8, 4) is 0 Å². The standard InChI is InChI=1S/C20H35N5O6.C2HF3O2/c1-4-31-18(28)11-9-15(8-10-17(22)27)24-20(30)16(7-5-6-12-21)25-19(29)13(2)23-14(3)26;3-2(4,5)1(6)7/h9,11,13,15-16H,4-8,10,12,21H2,1-3H3,(H2,22,27)(H,23,26)(H,24,30)(H,25,29);(H,6,7)/b11-9+;/t13-,15-,16-;/m0./s1. The predicted molar refractivity (Wildman–Crippen MR) is 128 cm³/mol. The number of nitrogens with two attached hydrogens (primary N) is 2. The Balaban J connectivity index is 0. The molecule has 0 unspecified atom stereocenters. The molecule has 0 rings (SSSR count). The molecule has 0 aromatic carbocycles. The van der Waals surface area contributed by atoms with E-state index in [0.717, 1.165) is 6.08 Å². The van der Waals surface area contributed by atoms with Gasteiger partial charge in [-0.2, -0.15) is 13.2 Å². The molecule has 4 amide bonds. The van der Waals surface area contributed by atoms with Crippen molar-refractivity contribution in [3.05, 3.63) is 12.2 Å². The van der Waals surface area contributed by atoms with E-state index in [9.17, 15) is 37.1 Å². The summed E-state index contributed by atoms with van der Waals surface area (Å²) in [6.07, 6.45) is -0.771. The summed E-state index contributed by atoms with van der Waals surface area (Å²) >= 11 is 0. The van der Waals surface area contributed by atoms with Crippen molar-refractivity contribution in [2.24, 2.45) is 11.5 Å². The number of halogens is 3. The first-order chi connectivity index (χ1) is 17.5. The van der Waals surface area contributed by atoms with Crippen LogP contribution in [0.1, 0.15) is 52.9 Å². The molecule has 0 spiro atoms. The van der Waals surface area contributed by atoms with Crippen molar-refractivity contribution in [2.45, 2.75) is 77.2 Å². The first kappa shape index (κ1) is 36.5. The van der Waals surface area contributed by atoms with E-state index >= 15 is 0 Å². The van der Waals surface area contributed by atoms with Gasteiger partial charge in [0, 0.05) is 25.5 Å². The van der Waals surface area contributed by atoms with Crippen LogP contribution in [0.4, 0.5) is 13.2 Å². The number of hydrogen-bond acceptors (Lipinski definition) is 8. The smallest absolute Gasteiger partial charge is 0.475 e. The largest absolute Gasteiger partial charge is 0.490 e. The topological polar surface area (TPSA) is 220 Å². The first-order valence-electron chi connectivity index (χ1n) is 11.6. The third-order valence-electron chi connectivity index (χ3n) is 4.42. The molecule has 0 fully saturated rings. The summed E-state index contributed by atoms with van der Waals surface area (Å²) in [5.41, 5.74) is 10.7. The molecule has 13 nitrogen and oxygen atoms in total. The van der Waals surface area contributed by atoms with Gasteiger partial charge in [-0.05, 0) is 46.1 Å². The van der Waals surface area contributed by atoms with E-state index in [1.807, 2.05) is 0 Å². The number of esters is 1. The molecule has 16 heteroatoms. The van der Waals surface area contributed by atoms with Crippen molar-refractivity contribution >= 4 is 35.6 Å². The molecule has 0 aromatic rings. The van der Waals surface area contributed by atoms with E-state index in [4.69, 9.17) is 26.1 Å². The zero-order valence-electron chi connectivity index (χ0n) is 21.4.